The Hall–Kier alpha value is -2.05. The first-order valence-electron chi connectivity index (χ1n) is 7.68. The minimum atomic E-state index is -0.448. The van der Waals surface area contributed by atoms with Gasteiger partial charge in [-0.15, -0.1) is 0 Å². The second-order valence-electron chi connectivity index (χ2n) is 5.70. The highest BCUT2D eigenvalue weighted by Crippen LogP contribution is 2.30. The van der Waals surface area contributed by atoms with Gasteiger partial charge in [0.25, 0.3) is 0 Å². The molecule has 0 unspecified atom stereocenters. The smallest absolute Gasteiger partial charge is 0.374 e. The van der Waals surface area contributed by atoms with Crippen molar-refractivity contribution in [1.29, 1.82) is 0 Å². The van der Waals surface area contributed by atoms with Crippen LogP contribution >= 0.6 is 0 Å². The Morgan fingerprint density at radius 1 is 1.48 bits per heavy atom. The molecule has 2 atom stereocenters. The number of furan rings is 2. The van der Waals surface area contributed by atoms with Crippen LogP contribution in [0.4, 0.5) is 0 Å². The summed E-state index contributed by atoms with van der Waals surface area (Å²) in [5.41, 5.74) is 0.787. The number of hydrogen-bond acceptors (Lipinski definition) is 6. The Balaban J connectivity index is 1.75. The van der Waals surface area contributed by atoms with Gasteiger partial charge >= 0.3 is 5.97 Å². The third-order valence-corrected chi connectivity index (χ3v) is 4.23. The van der Waals surface area contributed by atoms with Crippen LogP contribution in [0, 0.1) is 6.92 Å². The average Bonchev–Trinajstić information content (AvgIpc) is 3.23. The van der Waals surface area contributed by atoms with Gasteiger partial charge in [-0.25, -0.2) is 4.79 Å². The Kier molecular flexibility index (Phi) is 4.54. The summed E-state index contributed by atoms with van der Waals surface area (Å²) >= 11 is 0. The lowest BCUT2D eigenvalue weighted by molar-refractivity contribution is -0.0547. The predicted molar refractivity (Wildman–Crippen MR) is 82.2 cm³/mol. The highest BCUT2D eigenvalue weighted by Gasteiger charge is 2.30. The Bertz CT molecular complexity index is 661. The number of hydrogen-bond donors (Lipinski definition) is 0. The first-order chi connectivity index (χ1) is 11.1. The van der Waals surface area contributed by atoms with Crippen LogP contribution in [0.3, 0.4) is 0 Å². The van der Waals surface area contributed by atoms with Gasteiger partial charge in [0.05, 0.1) is 26.0 Å². The van der Waals surface area contributed by atoms with Crippen LogP contribution in [0.15, 0.2) is 33.3 Å². The second-order valence-corrected chi connectivity index (χ2v) is 5.70. The van der Waals surface area contributed by atoms with E-state index in [0.717, 1.165) is 23.6 Å². The first-order valence-corrected chi connectivity index (χ1v) is 7.68. The summed E-state index contributed by atoms with van der Waals surface area (Å²) in [5.74, 6) is 1.40. The number of aryl methyl sites for hydroxylation is 1. The van der Waals surface area contributed by atoms with Crippen molar-refractivity contribution in [2.45, 2.75) is 26.0 Å². The molecule has 0 spiro atoms. The van der Waals surface area contributed by atoms with Gasteiger partial charge in [0.1, 0.15) is 17.6 Å². The van der Waals surface area contributed by atoms with E-state index in [4.69, 9.17) is 18.3 Å². The van der Waals surface area contributed by atoms with Gasteiger partial charge in [-0.3, -0.25) is 4.90 Å². The molecule has 1 fully saturated rings. The molecule has 23 heavy (non-hydrogen) atoms. The Morgan fingerprint density at radius 2 is 2.30 bits per heavy atom. The minimum Gasteiger partial charge on any atom is -0.467 e. The fourth-order valence-electron chi connectivity index (χ4n) is 2.86. The molecule has 3 rings (SSSR count). The monoisotopic (exact) mass is 319 g/mol. The summed E-state index contributed by atoms with van der Waals surface area (Å²) in [4.78, 5) is 14.0. The number of ether oxygens (including phenoxy) is 2. The third-order valence-electron chi connectivity index (χ3n) is 4.23. The molecule has 1 aliphatic heterocycles. The largest absolute Gasteiger partial charge is 0.467 e. The molecule has 0 radical (unpaired) electrons. The topological polar surface area (TPSA) is 65.0 Å². The molecule has 0 N–H and O–H groups in total. The van der Waals surface area contributed by atoms with E-state index in [9.17, 15) is 4.79 Å². The van der Waals surface area contributed by atoms with Crippen molar-refractivity contribution in [3.63, 3.8) is 0 Å². The Labute approximate surface area is 135 Å². The summed E-state index contributed by atoms with van der Waals surface area (Å²) in [5, 5.41) is 0. The van der Waals surface area contributed by atoms with E-state index >= 15 is 0 Å². The van der Waals surface area contributed by atoms with Crippen molar-refractivity contribution in [3.05, 3.63) is 47.3 Å². The number of rotatable bonds is 4. The van der Waals surface area contributed by atoms with E-state index in [0.29, 0.717) is 13.2 Å². The van der Waals surface area contributed by atoms with E-state index in [1.165, 1.54) is 7.11 Å². The lowest BCUT2D eigenvalue weighted by atomic mass is 10.1. The van der Waals surface area contributed by atoms with Gasteiger partial charge in [0.15, 0.2) is 0 Å². The van der Waals surface area contributed by atoms with E-state index in [-0.39, 0.29) is 17.9 Å². The summed E-state index contributed by atoms with van der Waals surface area (Å²) in [6.07, 6.45) is 1.57. The molecule has 124 valence electrons. The lowest BCUT2D eigenvalue weighted by Gasteiger charge is -2.35. The molecule has 1 saturated heterocycles. The SMILES string of the molecule is COC(=O)c1oc([C@@H](C)N2CCO[C@@H](c3ccco3)C2)cc1C. The molecule has 0 aromatic carbocycles. The molecule has 2 aromatic heterocycles. The van der Waals surface area contributed by atoms with Crippen LogP contribution in [0.1, 0.15) is 46.7 Å². The van der Waals surface area contributed by atoms with E-state index in [1.807, 2.05) is 25.1 Å². The van der Waals surface area contributed by atoms with Crippen molar-refractivity contribution in [2.24, 2.45) is 0 Å². The molecule has 0 aliphatic carbocycles. The molecular formula is C17H21NO5. The number of carbonyl (C=O) groups excluding carboxylic acids is 1. The number of carbonyl (C=O) groups is 1. The number of esters is 1. The third kappa shape index (κ3) is 3.18. The van der Waals surface area contributed by atoms with Gasteiger partial charge in [-0.05, 0) is 32.0 Å². The van der Waals surface area contributed by atoms with Crippen molar-refractivity contribution in [1.82, 2.24) is 4.90 Å². The number of morpholine rings is 1. The van der Waals surface area contributed by atoms with Crippen LogP contribution in [0.2, 0.25) is 0 Å². The van der Waals surface area contributed by atoms with E-state index < -0.39 is 5.97 Å². The van der Waals surface area contributed by atoms with Crippen LogP contribution in [0.25, 0.3) is 0 Å². The highest BCUT2D eigenvalue weighted by molar-refractivity contribution is 5.87. The maximum absolute atomic E-state index is 11.7. The summed E-state index contributed by atoms with van der Waals surface area (Å²) in [7, 11) is 1.35. The molecule has 0 amide bonds. The lowest BCUT2D eigenvalue weighted by Crippen LogP contribution is -2.39. The number of nitrogens with zero attached hydrogens (tertiary/aromatic N) is 1. The molecule has 0 saturated carbocycles. The standard InChI is InChI=1S/C17H21NO5/c1-11-9-14(23-16(11)17(19)20-3)12(2)18-6-8-22-15(10-18)13-5-4-7-21-13/h4-5,7,9,12,15H,6,8,10H2,1-3H3/t12-,15-/m1/s1. The maximum atomic E-state index is 11.7. The fourth-order valence-corrected chi connectivity index (χ4v) is 2.86. The summed E-state index contributed by atoms with van der Waals surface area (Å²) in [6.45, 7) is 6.04. The quantitative estimate of drug-likeness (QED) is 0.807. The van der Waals surface area contributed by atoms with Crippen molar-refractivity contribution < 1.29 is 23.1 Å². The molecular weight excluding hydrogens is 298 g/mol. The van der Waals surface area contributed by atoms with Crippen molar-refractivity contribution >= 4 is 5.97 Å². The highest BCUT2D eigenvalue weighted by atomic mass is 16.5. The van der Waals surface area contributed by atoms with Crippen LogP contribution < -0.4 is 0 Å². The van der Waals surface area contributed by atoms with Gasteiger partial charge in [-0.2, -0.15) is 0 Å². The van der Waals surface area contributed by atoms with Crippen LogP contribution in [-0.4, -0.2) is 37.7 Å². The molecule has 1 aliphatic rings. The van der Waals surface area contributed by atoms with Gasteiger partial charge < -0.3 is 18.3 Å². The fraction of sp³-hybridized carbons (Fsp3) is 0.471. The van der Waals surface area contributed by atoms with Crippen LogP contribution in [0.5, 0.6) is 0 Å². The Morgan fingerprint density at radius 3 is 3.00 bits per heavy atom. The normalized spacial score (nSPS) is 20.4. The zero-order valence-corrected chi connectivity index (χ0v) is 13.6. The summed E-state index contributed by atoms with van der Waals surface area (Å²) < 4.78 is 21.7. The van der Waals surface area contributed by atoms with E-state index in [1.54, 1.807) is 6.26 Å². The molecule has 6 heteroatoms. The van der Waals surface area contributed by atoms with Gasteiger partial charge in [0.2, 0.25) is 5.76 Å². The average molecular weight is 319 g/mol. The van der Waals surface area contributed by atoms with Crippen molar-refractivity contribution in [2.75, 3.05) is 26.8 Å². The van der Waals surface area contributed by atoms with Gasteiger partial charge in [-0.1, -0.05) is 0 Å². The second kappa shape index (κ2) is 6.60. The zero-order valence-electron chi connectivity index (χ0n) is 13.6. The molecule has 6 nitrogen and oxygen atoms in total. The number of methoxy groups -OCH3 is 1. The molecule has 3 heterocycles. The van der Waals surface area contributed by atoms with E-state index in [2.05, 4.69) is 11.8 Å². The molecule has 0 bridgehead atoms. The van der Waals surface area contributed by atoms with Crippen molar-refractivity contribution in [3.8, 4) is 0 Å². The first kappa shape index (κ1) is 15.8. The zero-order chi connectivity index (χ0) is 16.4. The maximum Gasteiger partial charge on any atom is 0.374 e. The summed E-state index contributed by atoms with van der Waals surface area (Å²) in [6, 6.07) is 5.72. The van der Waals surface area contributed by atoms with Crippen LogP contribution in [-0.2, 0) is 9.47 Å². The molecule has 2 aromatic rings. The van der Waals surface area contributed by atoms with Gasteiger partial charge in [0, 0.05) is 18.7 Å². The predicted octanol–water partition coefficient (Wildman–Crippen LogP) is 3.10. The minimum absolute atomic E-state index is 0.0356.